The SMILES string of the molecule is CCc1ccc(-c2nc(CN3CCNC[C@@H]3C)cs2)cc1.Cl.Cl. The molecule has 0 bridgehead atoms. The summed E-state index contributed by atoms with van der Waals surface area (Å²) in [6.45, 7) is 8.70. The highest BCUT2D eigenvalue weighted by Crippen LogP contribution is 2.25. The topological polar surface area (TPSA) is 28.2 Å². The number of rotatable bonds is 4. The highest BCUT2D eigenvalue weighted by molar-refractivity contribution is 7.13. The van der Waals surface area contributed by atoms with E-state index in [1.807, 2.05) is 0 Å². The molecule has 1 aromatic carbocycles. The minimum Gasteiger partial charge on any atom is -0.314 e. The van der Waals surface area contributed by atoms with Crippen molar-refractivity contribution in [3.8, 4) is 10.6 Å². The Hall–Kier alpha value is -0.650. The summed E-state index contributed by atoms with van der Waals surface area (Å²) in [4.78, 5) is 7.33. The van der Waals surface area contributed by atoms with E-state index in [9.17, 15) is 0 Å². The van der Waals surface area contributed by atoms with Crippen LogP contribution in [0, 0.1) is 0 Å². The van der Waals surface area contributed by atoms with Crippen LogP contribution in [0.4, 0.5) is 0 Å². The average molecular weight is 374 g/mol. The van der Waals surface area contributed by atoms with Crippen molar-refractivity contribution < 1.29 is 0 Å². The van der Waals surface area contributed by atoms with E-state index >= 15 is 0 Å². The molecule has 3 nitrogen and oxygen atoms in total. The van der Waals surface area contributed by atoms with Gasteiger partial charge in [-0.05, 0) is 18.9 Å². The molecule has 1 N–H and O–H groups in total. The largest absolute Gasteiger partial charge is 0.314 e. The first-order valence-corrected chi connectivity index (χ1v) is 8.62. The number of hydrogen-bond acceptors (Lipinski definition) is 4. The second-order valence-corrected chi connectivity index (χ2v) is 6.58. The molecule has 1 aliphatic rings. The van der Waals surface area contributed by atoms with Crippen LogP contribution in [0.5, 0.6) is 0 Å². The normalized spacial score (nSPS) is 18.1. The summed E-state index contributed by atoms with van der Waals surface area (Å²) >= 11 is 1.75. The highest BCUT2D eigenvalue weighted by Gasteiger charge is 2.18. The first kappa shape index (κ1) is 20.4. The summed E-state index contributed by atoms with van der Waals surface area (Å²) in [6.07, 6.45) is 1.09. The maximum atomic E-state index is 4.82. The molecule has 1 saturated heterocycles. The monoisotopic (exact) mass is 373 g/mol. The summed E-state index contributed by atoms with van der Waals surface area (Å²) in [7, 11) is 0. The lowest BCUT2D eigenvalue weighted by atomic mass is 10.1. The molecule has 23 heavy (non-hydrogen) atoms. The molecule has 2 heterocycles. The number of nitrogens with zero attached hydrogens (tertiary/aromatic N) is 2. The third kappa shape index (κ3) is 5.16. The second kappa shape index (κ2) is 9.60. The Morgan fingerprint density at radius 3 is 2.65 bits per heavy atom. The van der Waals surface area contributed by atoms with Crippen LogP contribution in [0.1, 0.15) is 25.1 Å². The van der Waals surface area contributed by atoms with Crippen molar-refractivity contribution in [1.29, 1.82) is 0 Å². The molecule has 3 rings (SSSR count). The van der Waals surface area contributed by atoms with Gasteiger partial charge in [-0.25, -0.2) is 4.98 Å². The quantitative estimate of drug-likeness (QED) is 0.877. The molecule has 128 valence electrons. The van der Waals surface area contributed by atoms with Crippen molar-refractivity contribution in [2.75, 3.05) is 19.6 Å². The molecular weight excluding hydrogens is 349 g/mol. The minimum absolute atomic E-state index is 0. The van der Waals surface area contributed by atoms with Gasteiger partial charge in [-0.15, -0.1) is 36.2 Å². The zero-order valence-corrected chi connectivity index (χ0v) is 16.1. The maximum absolute atomic E-state index is 4.82. The smallest absolute Gasteiger partial charge is 0.123 e. The fraction of sp³-hybridized carbons (Fsp3) is 0.471. The first-order chi connectivity index (χ1) is 10.3. The molecule has 1 atom stereocenters. The molecule has 6 heteroatoms. The minimum atomic E-state index is 0. The highest BCUT2D eigenvalue weighted by atomic mass is 35.5. The number of halogens is 2. The number of benzene rings is 1. The number of piperazine rings is 1. The van der Waals surface area contributed by atoms with Gasteiger partial charge in [0.25, 0.3) is 0 Å². The standard InChI is InChI=1S/C17H23N3S.2ClH/c1-3-14-4-6-15(7-5-14)17-19-16(12-21-17)11-20-9-8-18-10-13(20)2;;/h4-7,12-13,18H,3,8-11H2,1-2H3;2*1H/t13-;;/m0../s1. The van der Waals surface area contributed by atoms with Crippen LogP contribution in [-0.2, 0) is 13.0 Å². The van der Waals surface area contributed by atoms with Crippen LogP contribution < -0.4 is 5.32 Å². The molecule has 0 amide bonds. The predicted octanol–water partition coefficient (Wildman–Crippen LogP) is 4.01. The van der Waals surface area contributed by atoms with Crippen molar-refractivity contribution in [2.24, 2.45) is 0 Å². The van der Waals surface area contributed by atoms with Gasteiger partial charge in [-0.3, -0.25) is 4.90 Å². The van der Waals surface area contributed by atoms with E-state index < -0.39 is 0 Å². The predicted molar refractivity (Wildman–Crippen MR) is 104 cm³/mol. The first-order valence-electron chi connectivity index (χ1n) is 7.74. The zero-order valence-electron chi connectivity index (χ0n) is 13.6. The van der Waals surface area contributed by atoms with Gasteiger partial charge in [0.05, 0.1) is 5.69 Å². The summed E-state index contributed by atoms with van der Waals surface area (Å²) < 4.78 is 0. The Kier molecular flexibility index (Phi) is 8.51. The fourth-order valence-corrected chi connectivity index (χ4v) is 3.54. The van der Waals surface area contributed by atoms with Gasteiger partial charge in [0.1, 0.15) is 5.01 Å². The van der Waals surface area contributed by atoms with Gasteiger partial charge in [0.15, 0.2) is 0 Å². The van der Waals surface area contributed by atoms with Crippen molar-refractivity contribution in [3.05, 3.63) is 40.9 Å². The Morgan fingerprint density at radius 1 is 1.26 bits per heavy atom. The van der Waals surface area contributed by atoms with E-state index in [4.69, 9.17) is 4.98 Å². The van der Waals surface area contributed by atoms with Crippen LogP contribution in [-0.4, -0.2) is 35.6 Å². The number of nitrogens with one attached hydrogen (secondary N) is 1. The number of hydrogen-bond donors (Lipinski definition) is 1. The van der Waals surface area contributed by atoms with E-state index in [0.29, 0.717) is 6.04 Å². The number of aryl methyl sites for hydroxylation is 1. The molecule has 0 unspecified atom stereocenters. The molecule has 0 saturated carbocycles. The zero-order chi connectivity index (χ0) is 14.7. The second-order valence-electron chi connectivity index (χ2n) is 5.72. The summed E-state index contributed by atoms with van der Waals surface area (Å²) in [6, 6.07) is 9.38. The summed E-state index contributed by atoms with van der Waals surface area (Å²) in [5.41, 5.74) is 3.81. The van der Waals surface area contributed by atoms with E-state index in [1.54, 1.807) is 11.3 Å². The van der Waals surface area contributed by atoms with Crippen LogP contribution in [0.25, 0.3) is 10.6 Å². The number of aromatic nitrogens is 1. The lowest BCUT2D eigenvalue weighted by Gasteiger charge is -2.33. The van der Waals surface area contributed by atoms with Gasteiger partial charge in [-0.2, -0.15) is 0 Å². The lowest BCUT2D eigenvalue weighted by Crippen LogP contribution is -2.49. The van der Waals surface area contributed by atoms with Crippen LogP contribution in [0.2, 0.25) is 0 Å². The van der Waals surface area contributed by atoms with E-state index in [1.165, 1.54) is 16.8 Å². The van der Waals surface area contributed by atoms with Gasteiger partial charge < -0.3 is 5.32 Å². The Balaban J connectivity index is 0.00000132. The van der Waals surface area contributed by atoms with Gasteiger partial charge in [-0.1, -0.05) is 31.2 Å². The van der Waals surface area contributed by atoms with Crippen LogP contribution in [0.15, 0.2) is 29.6 Å². The van der Waals surface area contributed by atoms with Crippen molar-refractivity contribution in [2.45, 2.75) is 32.9 Å². The van der Waals surface area contributed by atoms with Crippen molar-refractivity contribution in [1.82, 2.24) is 15.2 Å². The third-order valence-electron chi connectivity index (χ3n) is 4.16. The van der Waals surface area contributed by atoms with Crippen LogP contribution in [0.3, 0.4) is 0 Å². The average Bonchev–Trinajstić information content (AvgIpc) is 2.98. The van der Waals surface area contributed by atoms with Gasteiger partial charge >= 0.3 is 0 Å². The van der Waals surface area contributed by atoms with Gasteiger partial charge in [0, 0.05) is 43.2 Å². The fourth-order valence-electron chi connectivity index (χ4n) is 2.72. The molecular formula is C17H25Cl2N3S. The van der Waals surface area contributed by atoms with Crippen molar-refractivity contribution >= 4 is 36.2 Å². The Morgan fingerprint density at radius 2 is 2.00 bits per heavy atom. The molecule has 0 aliphatic carbocycles. The third-order valence-corrected chi connectivity index (χ3v) is 5.11. The molecule has 1 fully saturated rings. The molecule has 0 radical (unpaired) electrons. The molecule has 1 aromatic heterocycles. The maximum Gasteiger partial charge on any atom is 0.123 e. The summed E-state index contributed by atoms with van der Waals surface area (Å²) in [5, 5.41) is 6.77. The summed E-state index contributed by atoms with van der Waals surface area (Å²) in [5.74, 6) is 0. The lowest BCUT2D eigenvalue weighted by molar-refractivity contribution is 0.164. The Labute approximate surface area is 155 Å². The molecule has 1 aliphatic heterocycles. The van der Waals surface area contributed by atoms with Gasteiger partial charge in [0.2, 0.25) is 0 Å². The van der Waals surface area contributed by atoms with Crippen LogP contribution >= 0.6 is 36.2 Å². The van der Waals surface area contributed by atoms with Crippen molar-refractivity contribution in [3.63, 3.8) is 0 Å². The van der Waals surface area contributed by atoms with E-state index in [0.717, 1.165) is 37.6 Å². The van der Waals surface area contributed by atoms with E-state index in [2.05, 4.69) is 53.7 Å². The Bertz CT molecular complexity index is 586. The molecule has 0 spiro atoms. The molecule has 2 aromatic rings. The number of thiazole rings is 1. The van der Waals surface area contributed by atoms with E-state index in [-0.39, 0.29) is 24.8 Å².